The van der Waals surface area contributed by atoms with E-state index in [-0.39, 0.29) is 5.69 Å². The number of nitrogens with one attached hydrogen (secondary N) is 3. The van der Waals surface area contributed by atoms with E-state index < -0.39 is 0 Å². The van der Waals surface area contributed by atoms with Crippen molar-refractivity contribution >= 4 is 17.0 Å². The zero-order chi connectivity index (χ0) is 17.2. The van der Waals surface area contributed by atoms with Gasteiger partial charge in [-0.2, -0.15) is 0 Å². The van der Waals surface area contributed by atoms with Crippen LogP contribution in [0.1, 0.15) is 11.1 Å². The molecule has 0 fully saturated rings. The number of aromatic amines is 2. The van der Waals surface area contributed by atoms with Crippen LogP contribution in [0.4, 0.5) is 5.95 Å². The number of hydrogen-bond acceptors (Lipinski definition) is 4. The van der Waals surface area contributed by atoms with E-state index in [1.807, 2.05) is 37.3 Å². The van der Waals surface area contributed by atoms with Crippen molar-refractivity contribution in [1.29, 1.82) is 0 Å². The van der Waals surface area contributed by atoms with Crippen LogP contribution in [0.15, 0.2) is 59.7 Å². The minimum absolute atomic E-state index is 0.202. The lowest BCUT2D eigenvalue weighted by molar-refractivity contribution is 1.05. The van der Waals surface area contributed by atoms with Gasteiger partial charge in [0.25, 0.3) is 0 Å². The largest absolute Gasteiger partial charge is 0.350 e. The van der Waals surface area contributed by atoms with Crippen LogP contribution >= 0.6 is 0 Å². The summed E-state index contributed by atoms with van der Waals surface area (Å²) in [5, 5.41) is 3.21. The van der Waals surface area contributed by atoms with E-state index >= 15 is 0 Å². The highest BCUT2D eigenvalue weighted by molar-refractivity contribution is 5.86. The van der Waals surface area contributed by atoms with Crippen molar-refractivity contribution in [1.82, 2.24) is 19.9 Å². The Labute approximate surface area is 144 Å². The third-order valence-corrected chi connectivity index (χ3v) is 4.21. The molecule has 0 aliphatic rings. The molecular formula is C19H17N5O. The lowest BCUT2D eigenvalue weighted by atomic mass is 10.0. The molecule has 2 heterocycles. The van der Waals surface area contributed by atoms with Gasteiger partial charge >= 0.3 is 5.69 Å². The smallest absolute Gasteiger partial charge is 0.323 e. The lowest BCUT2D eigenvalue weighted by Gasteiger charge is -2.08. The van der Waals surface area contributed by atoms with Crippen molar-refractivity contribution in [2.45, 2.75) is 13.5 Å². The molecule has 124 valence electrons. The molecule has 25 heavy (non-hydrogen) atoms. The van der Waals surface area contributed by atoms with E-state index in [1.165, 1.54) is 5.56 Å². The second kappa shape index (κ2) is 6.24. The van der Waals surface area contributed by atoms with Crippen LogP contribution in [0.2, 0.25) is 0 Å². The molecule has 0 radical (unpaired) electrons. The predicted octanol–water partition coefficient (Wildman–Crippen LogP) is 3.23. The maximum atomic E-state index is 11.5. The van der Waals surface area contributed by atoms with Gasteiger partial charge in [0, 0.05) is 24.5 Å². The molecule has 0 atom stereocenters. The number of anilines is 1. The predicted molar refractivity (Wildman–Crippen MR) is 98.5 cm³/mol. The minimum Gasteiger partial charge on any atom is -0.350 e. The Morgan fingerprint density at radius 1 is 1.00 bits per heavy atom. The van der Waals surface area contributed by atoms with Crippen LogP contribution in [0.25, 0.3) is 22.2 Å². The summed E-state index contributed by atoms with van der Waals surface area (Å²) < 4.78 is 0. The van der Waals surface area contributed by atoms with Crippen LogP contribution in [-0.2, 0) is 6.54 Å². The summed E-state index contributed by atoms with van der Waals surface area (Å²) in [6, 6.07) is 14.0. The SMILES string of the molecule is Cc1c(-c2cnc(NCc3ccccc3)nc2)ccc2[nH]c(=O)[nH]c12. The number of aryl methyl sites for hydroxylation is 1. The first-order valence-electron chi connectivity index (χ1n) is 8.02. The Bertz CT molecular complexity index is 1060. The van der Waals surface area contributed by atoms with Gasteiger partial charge in [-0.3, -0.25) is 0 Å². The van der Waals surface area contributed by atoms with Crippen LogP contribution in [0.5, 0.6) is 0 Å². The fourth-order valence-corrected chi connectivity index (χ4v) is 2.89. The summed E-state index contributed by atoms with van der Waals surface area (Å²) >= 11 is 0. The first kappa shape index (κ1) is 15.1. The fourth-order valence-electron chi connectivity index (χ4n) is 2.89. The Morgan fingerprint density at radius 2 is 1.76 bits per heavy atom. The maximum absolute atomic E-state index is 11.5. The summed E-state index contributed by atoms with van der Waals surface area (Å²) in [6.45, 7) is 2.65. The molecule has 4 rings (SSSR count). The van der Waals surface area contributed by atoms with Crippen molar-refractivity contribution < 1.29 is 0 Å². The molecular weight excluding hydrogens is 314 g/mol. The molecule has 6 heteroatoms. The first-order chi connectivity index (χ1) is 12.2. The number of imidazole rings is 1. The van der Waals surface area contributed by atoms with Crippen molar-refractivity contribution in [3.63, 3.8) is 0 Å². The van der Waals surface area contributed by atoms with Gasteiger partial charge in [-0.1, -0.05) is 36.4 Å². The number of hydrogen-bond donors (Lipinski definition) is 3. The van der Waals surface area contributed by atoms with Crippen molar-refractivity contribution in [2.24, 2.45) is 0 Å². The normalized spacial score (nSPS) is 10.9. The van der Waals surface area contributed by atoms with Crippen molar-refractivity contribution in [3.05, 3.63) is 76.5 Å². The number of fused-ring (bicyclic) bond motifs is 1. The van der Waals surface area contributed by atoms with Crippen LogP contribution in [0.3, 0.4) is 0 Å². The molecule has 4 aromatic rings. The molecule has 2 aromatic carbocycles. The Hall–Kier alpha value is -3.41. The van der Waals surface area contributed by atoms with E-state index in [1.54, 1.807) is 12.4 Å². The average molecular weight is 331 g/mol. The Morgan fingerprint density at radius 3 is 2.52 bits per heavy atom. The summed E-state index contributed by atoms with van der Waals surface area (Å²) in [5.41, 5.74) is 5.48. The highest BCUT2D eigenvalue weighted by Crippen LogP contribution is 2.26. The molecule has 0 saturated heterocycles. The van der Waals surface area contributed by atoms with Gasteiger partial charge in [0.2, 0.25) is 5.95 Å². The van der Waals surface area contributed by atoms with Gasteiger partial charge in [0.1, 0.15) is 0 Å². The molecule has 3 N–H and O–H groups in total. The van der Waals surface area contributed by atoms with Crippen LogP contribution < -0.4 is 11.0 Å². The molecule has 6 nitrogen and oxygen atoms in total. The van der Waals surface area contributed by atoms with E-state index in [9.17, 15) is 4.79 Å². The summed E-state index contributed by atoms with van der Waals surface area (Å²) in [5.74, 6) is 0.585. The second-order valence-electron chi connectivity index (χ2n) is 5.87. The number of rotatable bonds is 4. The third-order valence-electron chi connectivity index (χ3n) is 4.21. The van der Waals surface area contributed by atoms with E-state index in [2.05, 4.69) is 37.4 Å². The second-order valence-corrected chi connectivity index (χ2v) is 5.87. The minimum atomic E-state index is -0.202. The van der Waals surface area contributed by atoms with Gasteiger partial charge in [-0.05, 0) is 29.7 Å². The van der Waals surface area contributed by atoms with Gasteiger partial charge in [0.05, 0.1) is 11.0 Å². The van der Waals surface area contributed by atoms with Crippen molar-refractivity contribution in [2.75, 3.05) is 5.32 Å². The average Bonchev–Trinajstić information content (AvgIpc) is 3.03. The number of benzene rings is 2. The number of nitrogens with zero attached hydrogens (tertiary/aromatic N) is 2. The molecule has 0 aliphatic carbocycles. The maximum Gasteiger partial charge on any atom is 0.323 e. The summed E-state index contributed by atoms with van der Waals surface area (Å²) in [4.78, 5) is 25.9. The monoisotopic (exact) mass is 331 g/mol. The zero-order valence-corrected chi connectivity index (χ0v) is 13.7. The molecule has 0 spiro atoms. The highest BCUT2D eigenvalue weighted by Gasteiger charge is 2.09. The molecule has 0 amide bonds. The summed E-state index contributed by atoms with van der Waals surface area (Å²) in [7, 11) is 0. The van der Waals surface area contributed by atoms with Gasteiger partial charge in [-0.25, -0.2) is 14.8 Å². The first-order valence-corrected chi connectivity index (χ1v) is 8.02. The van der Waals surface area contributed by atoms with Gasteiger partial charge < -0.3 is 15.3 Å². The number of H-pyrrole nitrogens is 2. The van der Waals surface area contributed by atoms with Crippen LogP contribution in [-0.4, -0.2) is 19.9 Å². The van der Waals surface area contributed by atoms with Gasteiger partial charge in [0.15, 0.2) is 0 Å². The molecule has 0 aliphatic heterocycles. The van der Waals surface area contributed by atoms with E-state index in [0.29, 0.717) is 12.5 Å². The Balaban J connectivity index is 1.58. The van der Waals surface area contributed by atoms with E-state index in [0.717, 1.165) is 27.7 Å². The standard InChI is InChI=1S/C19H17N5O/c1-12-15(7-8-16-17(12)24-19(25)23-16)14-10-21-18(22-11-14)20-9-13-5-3-2-4-6-13/h2-8,10-11H,9H2,1H3,(H,20,21,22)(H2,23,24,25). The summed E-state index contributed by atoms with van der Waals surface area (Å²) in [6.07, 6.45) is 3.58. The van der Waals surface area contributed by atoms with Gasteiger partial charge in [-0.15, -0.1) is 0 Å². The molecule has 0 unspecified atom stereocenters. The van der Waals surface area contributed by atoms with Crippen LogP contribution in [0, 0.1) is 6.92 Å². The molecule has 2 aromatic heterocycles. The third kappa shape index (κ3) is 3.01. The molecule has 0 bridgehead atoms. The van der Waals surface area contributed by atoms with Crippen molar-refractivity contribution in [3.8, 4) is 11.1 Å². The fraction of sp³-hybridized carbons (Fsp3) is 0.105. The number of aromatic nitrogens is 4. The quantitative estimate of drug-likeness (QED) is 0.536. The zero-order valence-electron chi connectivity index (χ0n) is 13.7. The topological polar surface area (TPSA) is 86.5 Å². The lowest BCUT2D eigenvalue weighted by Crippen LogP contribution is -2.03. The molecule has 0 saturated carbocycles. The van der Waals surface area contributed by atoms with E-state index in [4.69, 9.17) is 0 Å². The Kier molecular flexibility index (Phi) is 3.78. The highest BCUT2D eigenvalue weighted by atomic mass is 16.1.